The van der Waals surface area contributed by atoms with Crippen LogP contribution in [0.15, 0.2) is 18.2 Å². The number of carbonyl (C=O) groups excluding carboxylic acids is 1. The van der Waals surface area contributed by atoms with E-state index in [9.17, 15) is 13.6 Å². The fourth-order valence-electron chi connectivity index (χ4n) is 1.81. The molecule has 1 aliphatic heterocycles. The number of hydrogen-bond donors (Lipinski definition) is 2. The largest absolute Gasteiger partial charge is 0.381 e. The first-order chi connectivity index (χ1) is 8.53. The highest BCUT2D eigenvalue weighted by Crippen LogP contribution is 2.22. The Kier molecular flexibility index (Phi) is 5.22. The van der Waals surface area contributed by atoms with Gasteiger partial charge in [-0.1, -0.05) is 6.07 Å². The lowest BCUT2D eigenvalue weighted by Crippen LogP contribution is -2.54. The normalized spacial score (nSPS) is 17.4. The first-order valence-electron chi connectivity index (χ1n) is 5.65. The molecule has 0 radical (unpaired) electrons. The molecule has 0 saturated carbocycles. The van der Waals surface area contributed by atoms with Crippen molar-refractivity contribution in [2.24, 2.45) is 5.73 Å². The fourth-order valence-corrected chi connectivity index (χ4v) is 1.81. The first-order valence-corrected chi connectivity index (χ1v) is 5.65. The topological polar surface area (TPSA) is 64.4 Å². The second-order valence-electron chi connectivity index (χ2n) is 4.32. The van der Waals surface area contributed by atoms with Crippen molar-refractivity contribution in [3.8, 4) is 0 Å². The number of benzene rings is 1. The van der Waals surface area contributed by atoms with Crippen molar-refractivity contribution in [1.82, 2.24) is 0 Å². The van der Waals surface area contributed by atoms with Crippen molar-refractivity contribution < 1.29 is 18.3 Å². The van der Waals surface area contributed by atoms with E-state index >= 15 is 0 Å². The number of ether oxygens (including phenoxy) is 1. The molecule has 7 heteroatoms. The summed E-state index contributed by atoms with van der Waals surface area (Å²) >= 11 is 0. The lowest BCUT2D eigenvalue weighted by Gasteiger charge is -2.31. The Labute approximate surface area is 115 Å². The molecule has 0 bridgehead atoms. The van der Waals surface area contributed by atoms with Gasteiger partial charge < -0.3 is 15.8 Å². The van der Waals surface area contributed by atoms with Crippen LogP contribution in [0.1, 0.15) is 12.8 Å². The predicted octanol–water partition coefficient (Wildman–Crippen LogP) is 1.83. The Balaban J connectivity index is 0.00000180. The predicted molar refractivity (Wildman–Crippen MR) is 69.2 cm³/mol. The van der Waals surface area contributed by atoms with Gasteiger partial charge in [-0.3, -0.25) is 4.79 Å². The van der Waals surface area contributed by atoms with Crippen LogP contribution in [-0.2, 0) is 9.53 Å². The molecule has 0 aliphatic carbocycles. The van der Waals surface area contributed by atoms with Gasteiger partial charge in [0, 0.05) is 13.2 Å². The molecule has 19 heavy (non-hydrogen) atoms. The standard InChI is InChI=1S/C12H14F2N2O2.ClH/c13-8-2-1-3-9(10(8)14)16-11(17)12(15)4-6-18-7-5-12;/h1-3H,4-7,15H2,(H,16,17);1H. The average molecular weight is 293 g/mol. The van der Waals surface area contributed by atoms with Crippen LogP contribution < -0.4 is 11.1 Å². The molecule has 1 aromatic carbocycles. The van der Waals surface area contributed by atoms with Gasteiger partial charge >= 0.3 is 0 Å². The smallest absolute Gasteiger partial charge is 0.244 e. The summed E-state index contributed by atoms with van der Waals surface area (Å²) in [6.07, 6.45) is 0.714. The zero-order valence-corrected chi connectivity index (χ0v) is 10.9. The molecule has 0 spiro atoms. The number of nitrogens with one attached hydrogen (secondary N) is 1. The maximum atomic E-state index is 13.4. The molecule has 3 N–H and O–H groups in total. The molecule has 106 valence electrons. The van der Waals surface area contributed by atoms with Crippen LogP contribution in [-0.4, -0.2) is 24.7 Å². The van der Waals surface area contributed by atoms with Gasteiger partial charge in [0.25, 0.3) is 0 Å². The van der Waals surface area contributed by atoms with Crippen molar-refractivity contribution >= 4 is 24.0 Å². The van der Waals surface area contributed by atoms with Gasteiger partial charge in [-0.05, 0) is 25.0 Å². The van der Waals surface area contributed by atoms with Crippen LogP contribution in [0.5, 0.6) is 0 Å². The quantitative estimate of drug-likeness (QED) is 0.874. The molecule has 1 fully saturated rings. The SMILES string of the molecule is Cl.NC1(C(=O)Nc2cccc(F)c2F)CCOCC1. The summed E-state index contributed by atoms with van der Waals surface area (Å²) in [7, 11) is 0. The van der Waals surface area contributed by atoms with Gasteiger partial charge in [-0.25, -0.2) is 8.78 Å². The molecular weight excluding hydrogens is 278 g/mol. The zero-order valence-electron chi connectivity index (χ0n) is 10.1. The van der Waals surface area contributed by atoms with Crippen molar-refractivity contribution in [2.45, 2.75) is 18.4 Å². The number of amides is 1. The summed E-state index contributed by atoms with van der Waals surface area (Å²) in [6, 6.07) is 3.60. The molecule has 1 aliphatic rings. The Morgan fingerprint density at radius 3 is 2.58 bits per heavy atom. The van der Waals surface area contributed by atoms with Gasteiger partial charge in [0.1, 0.15) is 5.54 Å². The van der Waals surface area contributed by atoms with E-state index in [2.05, 4.69) is 5.32 Å². The summed E-state index contributed by atoms with van der Waals surface area (Å²) in [5.41, 5.74) is 4.65. The van der Waals surface area contributed by atoms with Gasteiger partial charge in [0.2, 0.25) is 5.91 Å². The van der Waals surface area contributed by atoms with Crippen molar-refractivity contribution in [3.05, 3.63) is 29.8 Å². The second kappa shape index (κ2) is 6.27. The van der Waals surface area contributed by atoms with Crippen LogP contribution in [0.4, 0.5) is 14.5 Å². The van der Waals surface area contributed by atoms with Crippen molar-refractivity contribution in [3.63, 3.8) is 0 Å². The molecule has 1 heterocycles. The number of rotatable bonds is 2. The molecule has 4 nitrogen and oxygen atoms in total. The van der Waals surface area contributed by atoms with E-state index in [4.69, 9.17) is 10.5 Å². The lowest BCUT2D eigenvalue weighted by molar-refractivity contribution is -0.124. The summed E-state index contributed by atoms with van der Waals surface area (Å²) < 4.78 is 31.5. The molecule has 0 unspecified atom stereocenters. The Morgan fingerprint density at radius 1 is 1.32 bits per heavy atom. The van der Waals surface area contributed by atoms with Crippen LogP contribution in [0.3, 0.4) is 0 Å². The van der Waals surface area contributed by atoms with Crippen molar-refractivity contribution in [2.75, 3.05) is 18.5 Å². The number of anilines is 1. The Hall–Kier alpha value is -1.24. The van der Waals surface area contributed by atoms with E-state index in [0.29, 0.717) is 26.1 Å². The van der Waals surface area contributed by atoms with Gasteiger partial charge in [0.15, 0.2) is 11.6 Å². The van der Waals surface area contributed by atoms with E-state index in [0.717, 1.165) is 6.07 Å². The molecule has 0 aromatic heterocycles. The van der Waals surface area contributed by atoms with E-state index in [1.807, 2.05) is 0 Å². The highest BCUT2D eigenvalue weighted by atomic mass is 35.5. The van der Waals surface area contributed by atoms with Crippen LogP contribution in [0.2, 0.25) is 0 Å². The third-order valence-corrected chi connectivity index (χ3v) is 3.04. The van der Waals surface area contributed by atoms with E-state index < -0.39 is 23.1 Å². The zero-order chi connectivity index (χ0) is 13.2. The van der Waals surface area contributed by atoms with Gasteiger partial charge in [0.05, 0.1) is 5.69 Å². The Morgan fingerprint density at radius 2 is 1.95 bits per heavy atom. The molecular formula is C12H15ClF2N2O2. The monoisotopic (exact) mass is 292 g/mol. The molecule has 1 saturated heterocycles. The minimum Gasteiger partial charge on any atom is -0.381 e. The fraction of sp³-hybridized carbons (Fsp3) is 0.417. The molecule has 1 amide bonds. The summed E-state index contributed by atoms with van der Waals surface area (Å²) in [6.45, 7) is 0.769. The second-order valence-corrected chi connectivity index (χ2v) is 4.32. The van der Waals surface area contributed by atoms with Gasteiger partial charge in [-0.15, -0.1) is 12.4 Å². The molecule has 1 aromatic rings. The third kappa shape index (κ3) is 3.40. The molecule has 2 rings (SSSR count). The number of halogens is 3. The van der Waals surface area contributed by atoms with Gasteiger partial charge in [-0.2, -0.15) is 0 Å². The third-order valence-electron chi connectivity index (χ3n) is 3.04. The highest BCUT2D eigenvalue weighted by molar-refractivity contribution is 5.98. The first kappa shape index (κ1) is 15.8. The summed E-state index contributed by atoms with van der Waals surface area (Å²) in [5, 5.41) is 2.33. The van der Waals surface area contributed by atoms with Crippen LogP contribution in [0, 0.1) is 11.6 Å². The number of nitrogens with two attached hydrogens (primary N) is 1. The van der Waals surface area contributed by atoms with E-state index in [1.54, 1.807) is 0 Å². The highest BCUT2D eigenvalue weighted by Gasteiger charge is 2.36. The van der Waals surface area contributed by atoms with E-state index in [-0.39, 0.29) is 18.1 Å². The molecule has 0 atom stereocenters. The number of carbonyl (C=O) groups is 1. The van der Waals surface area contributed by atoms with Crippen LogP contribution in [0.25, 0.3) is 0 Å². The average Bonchev–Trinajstić information content (AvgIpc) is 2.36. The maximum Gasteiger partial charge on any atom is 0.244 e. The summed E-state index contributed by atoms with van der Waals surface area (Å²) in [4.78, 5) is 12.0. The summed E-state index contributed by atoms with van der Waals surface area (Å²) in [5.74, 6) is -2.61. The van der Waals surface area contributed by atoms with E-state index in [1.165, 1.54) is 12.1 Å². The minimum atomic E-state index is -1.09. The lowest BCUT2D eigenvalue weighted by atomic mass is 9.90. The Bertz CT molecular complexity index is 465. The van der Waals surface area contributed by atoms with Crippen LogP contribution >= 0.6 is 12.4 Å². The minimum absolute atomic E-state index is 0. The maximum absolute atomic E-state index is 13.4. The van der Waals surface area contributed by atoms with Crippen molar-refractivity contribution in [1.29, 1.82) is 0 Å². The number of hydrogen-bond acceptors (Lipinski definition) is 3.